The van der Waals surface area contributed by atoms with E-state index in [0.717, 1.165) is 48.8 Å². The number of aromatic nitrogens is 5. The molecule has 2 saturated carbocycles. The van der Waals surface area contributed by atoms with Crippen molar-refractivity contribution in [1.29, 1.82) is 5.26 Å². The molecular formula is C26H25ClF2N8. The first-order valence-electron chi connectivity index (χ1n) is 12.5. The summed E-state index contributed by atoms with van der Waals surface area (Å²) in [7, 11) is 0. The van der Waals surface area contributed by atoms with Gasteiger partial charge in [-0.25, -0.2) is 18.7 Å². The number of hydrogen-bond donors (Lipinski definition) is 0. The average molecular weight is 523 g/mol. The Hall–Kier alpha value is -3.16. The van der Waals surface area contributed by atoms with Crippen LogP contribution in [0.25, 0.3) is 5.69 Å². The fraction of sp³-hybridized carbons (Fsp3) is 0.500. The Balaban J connectivity index is 1.14. The molecule has 37 heavy (non-hydrogen) atoms. The Bertz CT molecular complexity index is 1440. The quantitative estimate of drug-likeness (QED) is 0.501. The smallest absolute Gasteiger partial charge is 0.251 e. The van der Waals surface area contributed by atoms with Crippen LogP contribution in [0.3, 0.4) is 0 Å². The second-order valence-corrected chi connectivity index (χ2v) is 11.9. The van der Waals surface area contributed by atoms with Crippen LogP contribution in [-0.2, 0) is 13.1 Å². The van der Waals surface area contributed by atoms with Crippen molar-refractivity contribution in [2.45, 2.75) is 63.1 Å². The molecule has 1 aromatic carbocycles. The molecule has 1 saturated heterocycles. The number of alkyl halides is 2. The van der Waals surface area contributed by atoms with Crippen LogP contribution in [0.1, 0.15) is 61.4 Å². The van der Waals surface area contributed by atoms with Gasteiger partial charge < -0.3 is 4.90 Å². The van der Waals surface area contributed by atoms with Crippen LogP contribution >= 0.6 is 11.6 Å². The molecule has 0 unspecified atom stereocenters. The number of benzene rings is 1. The van der Waals surface area contributed by atoms with Gasteiger partial charge in [-0.15, -0.1) is 10.2 Å². The molecule has 1 spiro atoms. The van der Waals surface area contributed by atoms with Crippen molar-refractivity contribution in [2.75, 3.05) is 18.0 Å². The molecule has 3 aromatic rings. The Morgan fingerprint density at radius 2 is 1.89 bits per heavy atom. The summed E-state index contributed by atoms with van der Waals surface area (Å²) in [5.41, 5.74) is 1.95. The van der Waals surface area contributed by atoms with Gasteiger partial charge in [-0.1, -0.05) is 11.6 Å². The molecule has 190 valence electrons. The van der Waals surface area contributed by atoms with Crippen molar-refractivity contribution in [1.82, 2.24) is 29.6 Å². The molecule has 0 atom stereocenters. The van der Waals surface area contributed by atoms with Crippen molar-refractivity contribution >= 4 is 17.5 Å². The van der Waals surface area contributed by atoms with Gasteiger partial charge in [0.25, 0.3) is 5.92 Å². The van der Waals surface area contributed by atoms with E-state index in [4.69, 9.17) is 16.9 Å². The predicted molar refractivity (Wildman–Crippen MR) is 132 cm³/mol. The van der Waals surface area contributed by atoms with Crippen molar-refractivity contribution in [3.8, 4) is 11.8 Å². The molecule has 0 amide bonds. The third-order valence-electron chi connectivity index (χ3n) is 8.59. The van der Waals surface area contributed by atoms with Gasteiger partial charge in [-0.05, 0) is 49.6 Å². The molecule has 11 heteroatoms. The maximum absolute atomic E-state index is 13.9. The van der Waals surface area contributed by atoms with Crippen LogP contribution in [0.2, 0.25) is 5.02 Å². The zero-order chi connectivity index (χ0) is 25.6. The van der Waals surface area contributed by atoms with Gasteiger partial charge in [0.2, 0.25) is 5.95 Å². The van der Waals surface area contributed by atoms with Gasteiger partial charge in [0.05, 0.1) is 12.2 Å². The lowest BCUT2D eigenvalue weighted by atomic mass is 9.57. The number of anilines is 1. The second-order valence-electron chi connectivity index (χ2n) is 11.5. The Kier molecular flexibility index (Phi) is 4.77. The van der Waals surface area contributed by atoms with Crippen molar-refractivity contribution < 1.29 is 8.78 Å². The molecule has 4 heterocycles. The Morgan fingerprint density at radius 1 is 1.11 bits per heavy atom. The van der Waals surface area contributed by atoms with E-state index < -0.39 is 11.5 Å². The summed E-state index contributed by atoms with van der Waals surface area (Å²) in [6.45, 7) is 4.62. The summed E-state index contributed by atoms with van der Waals surface area (Å²) >= 11 is 6.36. The predicted octanol–water partition coefficient (Wildman–Crippen LogP) is 4.47. The molecule has 0 radical (unpaired) electrons. The zero-order valence-electron chi connectivity index (χ0n) is 20.3. The number of fused-ring (bicyclic) bond motifs is 3. The van der Waals surface area contributed by atoms with E-state index in [-0.39, 0.29) is 24.2 Å². The first-order valence-corrected chi connectivity index (χ1v) is 12.9. The summed E-state index contributed by atoms with van der Waals surface area (Å²) in [5.74, 6) is -0.0461. The number of halogens is 3. The third-order valence-corrected chi connectivity index (χ3v) is 8.83. The first kappa shape index (κ1) is 23.0. The number of nitrogens with zero attached hydrogens (tertiary/aromatic N) is 8. The van der Waals surface area contributed by atoms with E-state index in [0.29, 0.717) is 29.8 Å². The van der Waals surface area contributed by atoms with Crippen LogP contribution in [0.4, 0.5) is 14.7 Å². The molecule has 0 bridgehead atoms. The molecule has 2 aliphatic carbocycles. The number of nitriles is 1. The van der Waals surface area contributed by atoms with Crippen LogP contribution in [0.15, 0.2) is 30.5 Å². The molecule has 0 N–H and O–H groups in total. The van der Waals surface area contributed by atoms with E-state index in [9.17, 15) is 8.78 Å². The maximum atomic E-state index is 13.9. The fourth-order valence-electron chi connectivity index (χ4n) is 6.85. The van der Waals surface area contributed by atoms with Crippen LogP contribution < -0.4 is 4.90 Å². The van der Waals surface area contributed by atoms with Gasteiger partial charge in [-0.2, -0.15) is 5.26 Å². The van der Waals surface area contributed by atoms with Crippen molar-refractivity contribution in [3.05, 3.63) is 58.4 Å². The van der Waals surface area contributed by atoms with Crippen LogP contribution in [0, 0.1) is 16.7 Å². The highest BCUT2D eigenvalue weighted by molar-refractivity contribution is 6.30. The lowest BCUT2D eigenvalue weighted by Crippen LogP contribution is -2.62. The topological polar surface area (TPSA) is 86.8 Å². The van der Waals surface area contributed by atoms with E-state index in [1.54, 1.807) is 12.3 Å². The molecular weight excluding hydrogens is 498 g/mol. The summed E-state index contributed by atoms with van der Waals surface area (Å²) in [6.07, 6.45) is 3.28. The minimum Gasteiger partial charge on any atom is -0.340 e. The zero-order valence-corrected chi connectivity index (χ0v) is 21.1. The van der Waals surface area contributed by atoms with Gasteiger partial charge in [0, 0.05) is 60.6 Å². The minimum absolute atomic E-state index is 0.153. The van der Waals surface area contributed by atoms with Crippen LogP contribution in [0.5, 0.6) is 0 Å². The molecule has 2 aliphatic heterocycles. The molecule has 8 nitrogen and oxygen atoms in total. The van der Waals surface area contributed by atoms with Gasteiger partial charge >= 0.3 is 0 Å². The van der Waals surface area contributed by atoms with Crippen LogP contribution in [-0.4, -0.2) is 54.2 Å². The molecule has 3 fully saturated rings. The number of hydrogen-bond acceptors (Lipinski definition) is 7. The molecule has 4 aliphatic rings. The minimum atomic E-state index is -2.62. The summed E-state index contributed by atoms with van der Waals surface area (Å²) in [4.78, 5) is 12.9. The number of rotatable bonds is 3. The highest BCUT2D eigenvalue weighted by Crippen LogP contribution is 2.57. The first-order chi connectivity index (χ1) is 17.7. The van der Waals surface area contributed by atoms with E-state index in [1.807, 2.05) is 25.1 Å². The molecule has 7 rings (SSSR count). The van der Waals surface area contributed by atoms with Gasteiger partial charge in [0.15, 0.2) is 5.82 Å². The average Bonchev–Trinajstić information content (AvgIpc) is 3.11. The van der Waals surface area contributed by atoms with Gasteiger partial charge in [0.1, 0.15) is 17.6 Å². The normalized spacial score (nSPS) is 23.2. The van der Waals surface area contributed by atoms with Gasteiger partial charge in [-0.3, -0.25) is 9.47 Å². The lowest BCUT2D eigenvalue weighted by Gasteiger charge is -2.58. The maximum Gasteiger partial charge on any atom is 0.251 e. The van der Waals surface area contributed by atoms with E-state index >= 15 is 0 Å². The summed E-state index contributed by atoms with van der Waals surface area (Å²) < 4.78 is 29.9. The second kappa shape index (κ2) is 7.68. The summed E-state index contributed by atoms with van der Waals surface area (Å²) in [6, 6.07) is 9.47. The van der Waals surface area contributed by atoms with E-state index in [1.165, 1.54) is 0 Å². The largest absolute Gasteiger partial charge is 0.340 e. The Labute approximate surface area is 217 Å². The standard InChI is InChI=1S/C26H25ClF2N8/c1-24(12-26(28,29)13-24)36-10-16-6-18(27)2-3-20(16)37-21(11-36)33-34-22(37)17-7-25(8-17)14-35(15-25)23-31-5-4-19(9-30)32-23/h2-6,17H,7-8,10-15H2,1H3. The summed E-state index contributed by atoms with van der Waals surface area (Å²) in [5, 5.41) is 18.9. The monoisotopic (exact) mass is 522 g/mol. The Morgan fingerprint density at radius 3 is 2.62 bits per heavy atom. The van der Waals surface area contributed by atoms with Crippen molar-refractivity contribution in [3.63, 3.8) is 0 Å². The lowest BCUT2D eigenvalue weighted by molar-refractivity contribution is -0.173. The fourth-order valence-corrected chi connectivity index (χ4v) is 7.05. The molecule has 2 aromatic heterocycles. The van der Waals surface area contributed by atoms with Crippen molar-refractivity contribution in [2.24, 2.45) is 5.41 Å². The highest BCUT2D eigenvalue weighted by atomic mass is 35.5. The third kappa shape index (κ3) is 3.62. The SMILES string of the molecule is CC1(N2Cc3cc(Cl)ccc3-n3c(nnc3C3CC4(C3)CN(c3nccc(C#N)n3)C4)C2)CC(F)(F)C1. The van der Waals surface area contributed by atoms with E-state index in [2.05, 4.69) is 40.6 Å². The highest BCUT2D eigenvalue weighted by Gasteiger charge is 2.57.